The maximum atomic E-state index is 11.5. The monoisotopic (exact) mass is 474 g/mol. The van der Waals surface area contributed by atoms with Crippen LogP contribution in [0.4, 0.5) is 0 Å². The molecule has 0 saturated heterocycles. The number of fused-ring (bicyclic) bond motifs is 2. The first-order valence-electron chi connectivity index (χ1n) is 14.6. The van der Waals surface area contributed by atoms with Gasteiger partial charge in [0.05, 0.1) is 5.60 Å². The molecule has 0 unspecified atom stereocenters. The minimum absolute atomic E-state index is 0.0151. The fraction of sp³-hybridized carbons (Fsp3) is 1.00. The van der Waals surface area contributed by atoms with Crippen molar-refractivity contribution in [1.29, 1.82) is 0 Å². The van der Waals surface area contributed by atoms with E-state index in [-0.39, 0.29) is 21.8 Å². The summed E-state index contributed by atoms with van der Waals surface area (Å²) in [5.41, 5.74) is 0.860. The van der Waals surface area contributed by atoms with Crippen molar-refractivity contribution < 1.29 is 14.9 Å². The normalized spacial score (nSPS) is 49.4. The number of hydrogen-bond donors (Lipinski definition) is 2. The molecule has 5 aliphatic carbocycles. The summed E-state index contributed by atoms with van der Waals surface area (Å²) in [6.45, 7) is 17.0. The Bertz CT molecular complexity index is 815. The summed E-state index contributed by atoms with van der Waals surface area (Å²) in [6, 6.07) is 0. The van der Waals surface area contributed by atoms with Gasteiger partial charge in [0.1, 0.15) is 0 Å². The molecule has 0 aliphatic heterocycles. The molecular formula is C31H54O3. The summed E-state index contributed by atoms with van der Waals surface area (Å²) >= 11 is 0. The quantitative estimate of drug-likeness (QED) is 0.396. The van der Waals surface area contributed by atoms with Gasteiger partial charge in [-0.2, -0.15) is 0 Å². The van der Waals surface area contributed by atoms with Crippen molar-refractivity contribution in [3.8, 4) is 0 Å². The van der Waals surface area contributed by atoms with Crippen LogP contribution in [0.15, 0.2) is 0 Å². The smallest absolute Gasteiger partial charge is 0.169 e. The average molecular weight is 475 g/mol. The number of aliphatic hydroxyl groups is 2. The van der Waals surface area contributed by atoms with Gasteiger partial charge in [-0.1, -0.05) is 47.5 Å². The van der Waals surface area contributed by atoms with E-state index in [1.54, 1.807) is 0 Å². The fourth-order valence-corrected chi connectivity index (χ4v) is 11.5. The summed E-state index contributed by atoms with van der Waals surface area (Å²) in [5.74, 6) is 1.21. The summed E-state index contributed by atoms with van der Waals surface area (Å²) in [6.07, 6.45) is 14.0. The van der Waals surface area contributed by atoms with Crippen molar-refractivity contribution in [2.24, 2.45) is 50.7 Å². The standard InChI is InChI=1S/C31H54O3/c1-21(10-9-14-26(4,5)34-8)22-13-15-28(7)24-12-11-23-25(2,3)16-19-31(32,33)30(23)20-29(24,30)18-17-27(22,28)6/h21-24,32-33H,9-20H2,1-8H3/t21-,22-,23+,24+,27-,28+,29+,30+/m1/s1. The zero-order chi connectivity index (χ0) is 25.0. The SMILES string of the molecule is COC(C)(C)CCC[C@@H](C)[C@H]1CC[C@@]2(C)[C@@H]3CC[C@H]4C(C)(C)CCC(O)(O)[C@@]45C[C@@]35CC[C@]12C. The Morgan fingerprint density at radius 2 is 1.56 bits per heavy atom. The lowest BCUT2D eigenvalue weighted by Gasteiger charge is -2.64. The topological polar surface area (TPSA) is 49.7 Å². The van der Waals surface area contributed by atoms with Crippen LogP contribution in [0.3, 0.4) is 0 Å². The van der Waals surface area contributed by atoms with Crippen LogP contribution in [0.1, 0.15) is 126 Å². The Hall–Kier alpha value is -0.120. The van der Waals surface area contributed by atoms with E-state index in [1.165, 1.54) is 51.4 Å². The first kappa shape index (κ1) is 25.5. The van der Waals surface area contributed by atoms with Gasteiger partial charge in [-0.25, -0.2) is 0 Å². The maximum Gasteiger partial charge on any atom is 0.169 e. The molecule has 34 heavy (non-hydrogen) atoms. The van der Waals surface area contributed by atoms with Crippen molar-refractivity contribution in [1.82, 2.24) is 0 Å². The van der Waals surface area contributed by atoms with Gasteiger partial charge >= 0.3 is 0 Å². The number of hydrogen-bond acceptors (Lipinski definition) is 3. The molecule has 196 valence electrons. The van der Waals surface area contributed by atoms with Gasteiger partial charge in [-0.05, 0) is 117 Å². The molecule has 0 radical (unpaired) electrons. The first-order chi connectivity index (χ1) is 15.6. The lowest BCUT2D eigenvalue weighted by atomic mass is 9.41. The van der Waals surface area contributed by atoms with Gasteiger partial charge in [0, 0.05) is 18.9 Å². The molecule has 5 aliphatic rings. The minimum atomic E-state index is -1.46. The van der Waals surface area contributed by atoms with E-state index < -0.39 is 5.79 Å². The highest BCUT2D eigenvalue weighted by molar-refractivity contribution is 5.33. The van der Waals surface area contributed by atoms with E-state index in [0.717, 1.165) is 31.1 Å². The second-order valence-corrected chi connectivity index (χ2v) is 15.6. The third-order valence-corrected chi connectivity index (χ3v) is 13.8. The Kier molecular flexibility index (Phi) is 5.61. The molecule has 3 nitrogen and oxygen atoms in total. The zero-order valence-corrected chi connectivity index (χ0v) is 23.6. The van der Waals surface area contributed by atoms with Gasteiger partial charge < -0.3 is 14.9 Å². The van der Waals surface area contributed by atoms with E-state index in [1.807, 2.05) is 7.11 Å². The molecule has 2 N–H and O–H groups in total. The minimum Gasteiger partial charge on any atom is -0.379 e. The van der Waals surface area contributed by atoms with E-state index in [9.17, 15) is 10.2 Å². The lowest BCUT2D eigenvalue weighted by molar-refractivity contribution is -0.295. The Morgan fingerprint density at radius 1 is 0.882 bits per heavy atom. The van der Waals surface area contributed by atoms with Crippen LogP contribution in [-0.4, -0.2) is 28.7 Å². The van der Waals surface area contributed by atoms with Crippen molar-refractivity contribution in [2.45, 2.75) is 137 Å². The third kappa shape index (κ3) is 3.05. The molecule has 0 aromatic heterocycles. The summed E-state index contributed by atoms with van der Waals surface area (Å²) in [4.78, 5) is 0. The highest BCUT2D eigenvalue weighted by atomic mass is 16.5. The zero-order valence-electron chi connectivity index (χ0n) is 23.6. The van der Waals surface area contributed by atoms with Gasteiger partial charge in [-0.3, -0.25) is 0 Å². The molecule has 0 amide bonds. The van der Waals surface area contributed by atoms with E-state index in [2.05, 4.69) is 48.5 Å². The van der Waals surface area contributed by atoms with Crippen LogP contribution in [0.5, 0.6) is 0 Å². The van der Waals surface area contributed by atoms with Crippen LogP contribution >= 0.6 is 0 Å². The molecule has 3 heteroatoms. The number of rotatable bonds is 6. The van der Waals surface area contributed by atoms with Crippen molar-refractivity contribution in [2.75, 3.05) is 7.11 Å². The number of methoxy groups -OCH3 is 1. The van der Waals surface area contributed by atoms with Crippen LogP contribution < -0.4 is 0 Å². The van der Waals surface area contributed by atoms with Crippen LogP contribution in [0.2, 0.25) is 0 Å². The highest BCUT2D eigenvalue weighted by Crippen LogP contribution is 2.90. The van der Waals surface area contributed by atoms with Gasteiger partial charge in [0.2, 0.25) is 0 Å². The summed E-state index contributed by atoms with van der Waals surface area (Å²) in [5, 5.41) is 23.0. The van der Waals surface area contributed by atoms with Crippen LogP contribution in [0, 0.1) is 50.7 Å². The average Bonchev–Trinajstić information content (AvgIpc) is 3.38. The molecule has 0 bridgehead atoms. The van der Waals surface area contributed by atoms with E-state index >= 15 is 0 Å². The molecule has 0 heterocycles. The Balaban J connectivity index is 1.39. The molecule has 8 atom stereocenters. The highest BCUT2D eigenvalue weighted by Gasteiger charge is 2.87. The Morgan fingerprint density at radius 3 is 2.24 bits per heavy atom. The molecular weight excluding hydrogens is 420 g/mol. The van der Waals surface area contributed by atoms with Crippen molar-refractivity contribution in [3.63, 3.8) is 0 Å². The van der Waals surface area contributed by atoms with E-state index in [0.29, 0.717) is 29.1 Å². The van der Waals surface area contributed by atoms with Crippen LogP contribution in [0.25, 0.3) is 0 Å². The Labute approximate surface area is 209 Å². The predicted molar refractivity (Wildman–Crippen MR) is 138 cm³/mol. The second-order valence-electron chi connectivity index (χ2n) is 15.6. The van der Waals surface area contributed by atoms with Gasteiger partial charge in [0.25, 0.3) is 0 Å². The fourth-order valence-electron chi connectivity index (χ4n) is 11.5. The van der Waals surface area contributed by atoms with Crippen molar-refractivity contribution >= 4 is 0 Å². The largest absolute Gasteiger partial charge is 0.379 e. The van der Waals surface area contributed by atoms with Gasteiger partial charge in [-0.15, -0.1) is 0 Å². The second kappa shape index (κ2) is 7.47. The molecule has 0 aromatic carbocycles. The number of ether oxygens (including phenoxy) is 1. The predicted octanol–water partition coefficient (Wildman–Crippen LogP) is 7.34. The summed E-state index contributed by atoms with van der Waals surface area (Å²) < 4.78 is 5.67. The maximum absolute atomic E-state index is 11.5. The molecule has 2 spiro atoms. The first-order valence-corrected chi connectivity index (χ1v) is 14.6. The summed E-state index contributed by atoms with van der Waals surface area (Å²) in [7, 11) is 1.84. The molecule has 5 rings (SSSR count). The van der Waals surface area contributed by atoms with E-state index in [4.69, 9.17) is 4.74 Å². The van der Waals surface area contributed by atoms with Crippen LogP contribution in [-0.2, 0) is 4.74 Å². The van der Waals surface area contributed by atoms with Gasteiger partial charge in [0.15, 0.2) is 5.79 Å². The molecule has 5 fully saturated rings. The van der Waals surface area contributed by atoms with Crippen molar-refractivity contribution in [3.05, 3.63) is 0 Å². The molecule has 5 saturated carbocycles. The lowest BCUT2D eigenvalue weighted by Crippen LogP contribution is -2.62. The third-order valence-electron chi connectivity index (χ3n) is 13.8. The molecule has 0 aromatic rings.